The Morgan fingerprint density at radius 3 is 2.63 bits per heavy atom. The van der Waals surface area contributed by atoms with Crippen LogP contribution in [0.1, 0.15) is 18.4 Å². The van der Waals surface area contributed by atoms with Crippen molar-refractivity contribution in [3.63, 3.8) is 0 Å². The highest BCUT2D eigenvalue weighted by atomic mass is 32.2. The van der Waals surface area contributed by atoms with Crippen molar-refractivity contribution in [2.75, 3.05) is 25.2 Å². The third kappa shape index (κ3) is 4.21. The molecule has 0 aliphatic carbocycles. The lowest BCUT2D eigenvalue weighted by atomic mass is 10.0. The molecule has 0 unspecified atom stereocenters. The number of sulfone groups is 1. The first-order valence-corrected chi connectivity index (χ1v) is 8.46. The molecule has 0 radical (unpaired) electrons. The molecular weight excluding hydrogens is 262 g/mol. The Kier molecular flexibility index (Phi) is 4.82. The quantitative estimate of drug-likeness (QED) is 0.892. The molecule has 1 aromatic carbocycles. The lowest BCUT2D eigenvalue weighted by Gasteiger charge is -2.22. The summed E-state index contributed by atoms with van der Waals surface area (Å²) in [5.74, 6) is 2.04. The van der Waals surface area contributed by atoms with Crippen molar-refractivity contribution in [3.05, 3.63) is 29.8 Å². The maximum Gasteiger partial charge on any atom is 0.150 e. The first-order valence-electron chi connectivity index (χ1n) is 6.64. The van der Waals surface area contributed by atoms with E-state index in [1.165, 1.54) is 0 Å². The Hall–Kier alpha value is -1.07. The van der Waals surface area contributed by atoms with Crippen LogP contribution in [-0.2, 0) is 16.4 Å². The number of hydrogen-bond acceptors (Lipinski definition) is 4. The van der Waals surface area contributed by atoms with Gasteiger partial charge in [-0.3, -0.25) is 0 Å². The van der Waals surface area contributed by atoms with Crippen molar-refractivity contribution < 1.29 is 13.2 Å². The maximum atomic E-state index is 11.3. The summed E-state index contributed by atoms with van der Waals surface area (Å²) in [5, 5.41) is 3.40. The molecular formula is C14H21NO3S. The van der Waals surface area contributed by atoms with E-state index in [2.05, 4.69) is 5.32 Å². The van der Waals surface area contributed by atoms with Crippen molar-refractivity contribution in [2.45, 2.75) is 19.4 Å². The smallest absolute Gasteiger partial charge is 0.150 e. The van der Waals surface area contributed by atoms with Gasteiger partial charge in [-0.1, -0.05) is 18.2 Å². The van der Waals surface area contributed by atoms with Crippen LogP contribution in [0.5, 0.6) is 5.75 Å². The van der Waals surface area contributed by atoms with Crippen LogP contribution in [0.3, 0.4) is 0 Å². The lowest BCUT2D eigenvalue weighted by molar-refractivity contribution is 0.401. The zero-order valence-corrected chi connectivity index (χ0v) is 12.1. The minimum Gasteiger partial charge on any atom is -0.496 e. The predicted octanol–water partition coefficient (Wildman–Crippen LogP) is 1.61. The Morgan fingerprint density at radius 2 is 1.95 bits per heavy atom. The van der Waals surface area contributed by atoms with Crippen LogP contribution in [0.4, 0.5) is 0 Å². The van der Waals surface area contributed by atoms with Gasteiger partial charge < -0.3 is 10.1 Å². The third-order valence-corrected chi connectivity index (χ3v) is 5.33. The molecule has 5 heteroatoms. The summed E-state index contributed by atoms with van der Waals surface area (Å²) in [6.45, 7) is 1.63. The number of rotatable bonds is 5. The highest BCUT2D eigenvalue weighted by Crippen LogP contribution is 2.19. The Bertz CT molecular complexity index is 499. The van der Waals surface area contributed by atoms with E-state index in [0.717, 1.165) is 37.2 Å². The number of benzene rings is 1. The van der Waals surface area contributed by atoms with E-state index in [-0.39, 0.29) is 0 Å². The SMILES string of the molecule is COc1ccccc1CNCC1CCS(=O)(=O)CC1. The van der Waals surface area contributed by atoms with Crippen LogP contribution in [0.15, 0.2) is 24.3 Å². The zero-order chi connectivity index (χ0) is 13.7. The number of nitrogens with one attached hydrogen (secondary N) is 1. The van der Waals surface area contributed by atoms with E-state index >= 15 is 0 Å². The van der Waals surface area contributed by atoms with Gasteiger partial charge in [0.15, 0.2) is 0 Å². The van der Waals surface area contributed by atoms with E-state index in [4.69, 9.17) is 4.74 Å². The number of hydrogen-bond donors (Lipinski definition) is 1. The Morgan fingerprint density at radius 1 is 1.26 bits per heavy atom. The third-order valence-electron chi connectivity index (χ3n) is 3.62. The first-order chi connectivity index (χ1) is 9.11. The highest BCUT2D eigenvalue weighted by molar-refractivity contribution is 7.91. The largest absolute Gasteiger partial charge is 0.496 e. The summed E-state index contributed by atoms with van der Waals surface area (Å²) >= 11 is 0. The van der Waals surface area contributed by atoms with Crippen molar-refractivity contribution in [2.24, 2.45) is 5.92 Å². The molecule has 0 atom stereocenters. The van der Waals surface area contributed by atoms with E-state index in [1.807, 2.05) is 24.3 Å². The van der Waals surface area contributed by atoms with Crippen LogP contribution in [-0.4, -0.2) is 33.6 Å². The van der Waals surface area contributed by atoms with Crippen LogP contribution < -0.4 is 10.1 Å². The van der Waals surface area contributed by atoms with Gasteiger partial charge in [0, 0.05) is 12.1 Å². The zero-order valence-electron chi connectivity index (χ0n) is 11.3. The van der Waals surface area contributed by atoms with E-state index in [1.54, 1.807) is 7.11 Å². The molecule has 1 aliphatic rings. The van der Waals surface area contributed by atoms with E-state index < -0.39 is 9.84 Å². The minimum absolute atomic E-state index is 0.341. The molecule has 0 aromatic heterocycles. The molecule has 0 spiro atoms. The fourth-order valence-electron chi connectivity index (χ4n) is 2.40. The van der Waals surface area contributed by atoms with Gasteiger partial charge in [-0.25, -0.2) is 8.42 Å². The summed E-state index contributed by atoms with van der Waals surface area (Å²) in [5.41, 5.74) is 1.13. The van der Waals surface area contributed by atoms with Crippen molar-refractivity contribution >= 4 is 9.84 Å². The number of ether oxygens (including phenoxy) is 1. The van der Waals surface area contributed by atoms with Gasteiger partial charge in [-0.15, -0.1) is 0 Å². The first kappa shape index (κ1) is 14.3. The van der Waals surface area contributed by atoms with Gasteiger partial charge in [0.2, 0.25) is 0 Å². The van der Waals surface area contributed by atoms with E-state index in [9.17, 15) is 8.42 Å². The summed E-state index contributed by atoms with van der Waals surface area (Å²) in [4.78, 5) is 0. The molecule has 1 aliphatic heterocycles. The maximum absolute atomic E-state index is 11.3. The van der Waals surface area contributed by atoms with Crippen LogP contribution in [0, 0.1) is 5.92 Å². The summed E-state index contributed by atoms with van der Waals surface area (Å²) in [7, 11) is -1.08. The predicted molar refractivity (Wildman–Crippen MR) is 76.1 cm³/mol. The van der Waals surface area contributed by atoms with Gasteiger partial charge in [-0.2, -0.15) is 0 Å². The monoisotopic (exact) mass is 283 g/mol. The molecule has 2 rings (SSSR count). The Labute approximate surface area is 115 Å². The fourth-order valence-corrected chi connectivity index (χ4v) is 3.99. The van der Waals surface area contributed by atoms with Crippen molar-refractivity contribution in [1.82, 2.24) is 5.32 Å². The van der Waals surface area contributed by atoms with Crippen LogP contribution in [0.25, 0.3) is 0 Å². The van der Waals surface area contributed by atoms with Gasteiger partial charge in [0.05, 0.1) is 18.6 Å². The van der Waals surface area contributed by atoms with E-state index in [0.29, 0.717) is 17.4 Å². The summed E-state index contributed by atoms with van der Waals surface area (Å²) in [6.07, 6.45) is 1.56. The summed E-state index contributed by atoms with van der Waals surface area (Å²) in [6, 6.07) is 7.93. The standard InChI is InChI=1S/C14H21NO3S/c1-18-14-5-3-2-4-13(14)11-15-10-12-6-8-19(16,17)9-7-12/h2-5,12,15H,6-11H2,1H3. The normalized spacial score (nSPS) is 19.2. The molecule has 0 bridgehead atoms. The van der Waals surface area contributed by atoms with Gasteiger partial charge in [0.1, 0.15) is 15.6 Å². The molecule has 1 N–H and O–H groups in total. The molecule has 0 amide bonds. The van der Waals surface area contributed by atoms with Gasteiger partial charge >= 0.3 is 0 Å². The topological polar surface area (TPSA) is 55.4 Å². The molecule has 19 heavy (non-hydrogen) atoms. The van der Waals surface area contributed by atoms with Crippen molar-refractivity contribution in [3.8, 4) is 5.75 Å². The number of methoxy groups -OCH3 is 1. The molecule has 1 fully saturated rings. The molecule has 4 nitrogen and oxygen atoms in total. The second-order valence-electron chi connectivity index (χ2n) is 5.04. The van der Waals surface area contributed by atoms with Crippen LogP contribution >= 0.6 is 0 Å². The lowest BCUT2D eigenvalue weighted by Crippen LogP contribution is -2.30. The fraction of sp³-hybridized carbons (Fsp3) is 0.571. The minimum atomic E-state index is -2.75. The molecule has 0 saturated carbocycles. The second kappa shape index (κ2) is 6.39. The Balaban J connectivity index is 1.78. The van der Waals surface area contributed by atoms with Gasteiger partial charge in [0.25, 0.3) is 0 Å². The average molecular weight is 283 g/mol. The molecule has 1 heterocycles. The van der Waals surface area contributed by atoms with Crippen molar-refractivity contribution in [1.29, 1.82) is 0 Å². The highest BCUT2D eigenvalue weighted by Gasteiger charge is 2.23. The van der Waals surface area contributed by atoms with Gasteiger partial charge in [-0.05, 0) is 31.4 Å². The van der Waals surface area contributed by atoms with Crippen LogP contribution in [0.2, 0.25) is 0 Å². The summed E-state index contributed by atoms with van der Waals surface area (Å²) < 4.78 is 28.0. The average Bonchev–Trinajstić information content (AvgIpc) is 2.41. The molecule has 1 saturated heterocycles. The molecule has 106 valence electrons. The second-order valence-corrected chi connectivity index (χ2v) is 7.34. The molecule has 1 aromatic rings. The number of para-hydroxylation sites is 1.